The molecule has 0 unspecified atom stereocenters. The molecule has 0 saturated carbocycles. The number of likely N-dealkylation sites (tertiary alicyclic amines) is 1. The van der Waals surface area contributed by atoms with Gasteiger partial charge in [-0.15, -0.1) is 0 Å². The van der Waals surface area contributed by atoms with Crippen LogP contribution >= 0.6 is 0 Å². The molecule has 1 spiro atoms. The molecule has 0 bridgehead atoms. The van der Waals surface area contributed by atoms with Crippen molar-refractivity contribution in [3.63, 3.8) is 0 Å². The lowest BCUT2D eigenvalue weighted by Gasteiger charge is -2.44. The summed E-state index contributed by atoms with van der Waals surface area (Å²) in [4.78, 5) is 43.9. The van der Waals surface area contributed by atoms with E-state index in [0.29, 0.717) is 48.6 Å². The Morgan fingerprint density at radius 3 is 2.37 bits per heavy atom. The number of aryl methyl sites for hydroxylation is 1. The number of rotatable bonds is 7. The molecule has 9 nitrogen and oxygen atoms in total. The lowest BCUT2D eigenvalue weighted by Crippen LogP contribution is -2.60. The summed E-state index contributed by atoms with van der Waals surface area (Å²) < 4.78 is 16.9. The van der Waals surface area contributed by atoms with Crippen LogP contribution in [0.5, 0.6) is 11.5 Å². The Bertz CT molecular complexity index is 1190. The zero-order valence-corrected chi connectivity index (χ0v) is 22.8. The van der Waals surface area contributed by atoms with E-state index in [1.807, 2.05) is 39.0 Å². The van der Waals surface area contributed by atoms with Gasteiger partial charge in [0.15, 0.2) is 11.5 Å². The van der Waals surface area contributed by atoms with E-state index in [4.69, 9.17) is 14.2 Å². The minimum absolute atomic E-state index is 0.0181. The third-order valence-electron chi connectivity index (χ3n) is 7.62. The van der Waals surface area contributed by atoms with Gasteiger partial charge in [0.25, 0.3) is 11.8 Å². The van der Waals surface area contributed by atoms with Crippen LogP contribution in [-0.2, 0) is 9.53 Å². The molecule has 1 N–H and O–H groups in total. The van der Waals surface area contributed by atoms with E-state index in [1.54, 1.807) is 41.2 Å². The molecule has 2 aliphatic heterocycles. The average Bonchev–Trinajstić information content (AvgIpc) is 3.30. The van der Waals surface area contributed by atoms with Gasteiger partial charge in [-0.25, -0.2) is 0 Å². The molecular weight excluding hydrogens is 486 g/mol. The van der Waals surface area contributed by atoms with Gasteiger partial charge in [-0.2, -0.15) is 0 Å². The van der Waals surface area contributed by atoms with Crippen LogP contribution in [0.25, 0.3) is 0 Å². The van der Waals surface area contributed by atoms with Gasteiger partial charge in [0.2, 0.25) is 5.91 Å². The number of methoxy groups -OCH3 is 2. The van der Waals surface area contributed by atoms with E-state index in [1.165, 1.54) is 7.11 Å². The maximum atomic E-state index is 13.9. The molecule has 9 heteroatoms. The lowest BCUT2D eigenvalue weighted by molar-refractivity contribution is -0.128. The lowest BCUT2D eigenvalue weighted by atomic mass is 9.95. The molecule has 4 rings (SSSR count). The monoisotopic (exact) mass is 523 g/mol. The SMILES string of the molecule is CC[C@@H](C)NC(=O)[C@@H]1COC2(CCN(C(=O)c3ccc(OC)c(OC)c3)CC2)N1C(=O)c1ccccc1C. The summed E-state index contributed by atoms with van der Waals surface area (Å²) in [6.45, 7) is 6.70. The van der Waals surface area contributed by atoms with E-state index >= 15 is 0 Å². The van der Waals surface area contributed by atoms with Crippen LogP contribution in [0.2, 0.25) is 0 Å². The molecule has 38 heavy (non-hydrogen) atoms. The fourth-order valence-corrected chi connectivity index (χ4v) is 5.16. The van der Waals surface area contributed by atoms with Crippen molar-refractivity contribution in [3.05, 3.63) is 59.2 Å². The molecule has 3 amide bonds. The second-order valence-electron chi connectivity index (χ2n) is 9.94. The van der Waals surface area contributed by atoms with Crippen LogP contribution in [0.3, 0.4) is 0 Å². The van der Waals surface area contributed by atoms with Crippen molar-refractivity contribution in [2.45, 2.75) is 57.8 Å². The second-order valence-corrected chi connectivity index (χ2v) is 9.94. The number of hydrogen-bond donors (Lipinski definition) is 1. The molecule has 2 heterocycles. The van der Waals surface area contributed by atoms with E-state index in [9.17, 15) is 14.4 Å². The maximum Gasteiger partial charge on any atom is 0.257 e. The first kappa shape index (κ1) is 27.4. The van der Waals surface area contributed by atoms with Gasteiger partial charge in [-0.1, -0.05) is 25.1 Å². The number of carbonyl (C=O) groups is 3. The topological polar surface area (TPSA) is 97.4 Å². The highest BCUT2D eigenvalue weighted by Crippen LogP contribution is 2.39. The predicted molar refractivity (Wildman–Crippen MR) is 142 cm³/mol. The highest BCUT2D eigenvalue weighted by Gasteiger charge is 2.54. The summed E-state index contributed by atoms with van der Waals surface area (Å²) in [5, 5.41) is 3.01. The number of carbonyl (C=O) groups excluding carboxylic acids is 3. The van der Waals surface area contributed by atoms with Gasteiger partial charge in [0.05, 0.1) is 20.8 Å². The molecule has 2 atom stereocenters. The molecule has 2 fully saturated rings. The van der Waals surface area contributed by atoms with Crippen LogP contribution in [0, 0.1) is 6.92 Å². The zero-order chi connectivity index (χ0) is 27.4. The summed E-state index contributed by atoms with van der Waals surface area (Å²) in [6.07, 6.45) is 1.58. The Morgan fingerprint density at radius 2 is 1.74 bits per heavy atom. The van der Waals surface area contributed by atoms with Gasteiger partial charge in [-0.05, 0) is 50.1 Å². The number of nitrogens with one attached hydrogen (secondary N) is 1. The van der Waals surface area contributed by atoms with Crippen LogP contribution in [0.4, 0.5) is 0 Å². The van der Waals surface area contributed by atoms with Crippen LogP contribution in [0.1, 0.15) is 59.4 Å². The van der Waals surface area contributed by atoms with Gasteiger partial charge in [0.1, 0.15) is 11.8 Å². The fourth-order valence-electron chi connectivity index (χ4n) is 5.16. The first-order chi connectivity index (χ1) is 18.2. The molecule has 2 saturated heterocycles. The summed E-state index contributed by atoms with van der Waals surface area (Å²) in [5.41, 5.74) is 0.902. The Morgan fingerprint density at radius 1 is 1.05 bits per heavy atom. The molecule has 0 aromatic heterocycles. The highest BCUT2D eigenvalue weighted by atomic mass is 16.5. The number of ether oxygens (including phenoxy) is 3. The number of amides is 3. The number of benzene rings is 2. The van der Waals surface area contributed by atoms with Gasteiger partial charge < -0.3 is 24.4 Å². The quantitative estimate of drug-likeness (QED) is 0.598. The summed E-state index contributed by atoms with van der Waals surface area (Å²) in [6, 6.07) is 11.7. The Labute approximate surface area is 224 Å². The second kappa shape index (κ2) is 11.4. The summed E-state index contributed by atoms with van der Waals surface area (Å²) in [5.74, 6) is 0.442. The molecular formula is C29H37N3O6. The average molecular weight is 524 g/mol. The van der Waals surface area contributed by atoms with Crippen LogP contribution in [0.15, 0.2) is 42.5 Å². The maximum absolute atomic E-state index is 13.9. The summed E-state index contributed by atoms with van der Waals surface area (Å²) >= 11 is 0. The number of hydrogen-bond acceptors (Lipinski definition) is 6. The highest BCUT2D eigenvalue weighted by molar-refractivity contribution is 5.99. The van der Waals surface area contributed by atoms with E-state index in [2.05, 4.69) is 5.32 Å². The largest absolute Gasteiger partial charge is 0.493 e. The molecule has 0 radical (unpaired) electrons. The zero-order valence-electron chi connectivity index (χ0n) is 22.8. The molecule has 0 aliphatic carbocycles. The summed E-state index contributed by atoms with van der Waals surface area (Å²) in [7, 11) is 3.08. The van der Waals surface area contributed by atoms with Crippen LogP contribution in [-0.4, -0.2) is 79.2 Å². The van der Waals surface area contributed by atoms with E-state index in [0.717, 1.165) is 12.0 Å². The van der Waals surface area contributed by atoms with Gasteiger partial charge in [0, 0.05) is 43.1 Å². The van der Waals surface area contributed by atoms with Crippen molar-refractivity contribution >= 4 is 17.7 Å². The first-order valence-electron chi connectivity index (χ1n) is 13.1. The number of nitrogens with zero attached hydrogens (tertiary/aromatic N) is 2. The van der Waals surface area contributed by atoms with E-state index in [-0.39, 0.29) is 30.4 Å². The molecule has 2 aromatic rings. The predicted octanol–water partition coefficient (Wildman–Crippen LogP) is 3.40. The van der Waals surface area contributed by atoms with Crippen molar-refractivity contribution in [1.82, 2.24) is 15.1 Å². The van der Waals surface area contributed by atoms with E-state index < -0.39 is 11.8 Å². The van der Waals surface area contributed by atoms with Crippen molar-refractivity contribution in [2.24, 2.45) is 0 Å². The Balaban J connectivity index is 1.58. The van der Waals surface area contributed by atoms with Crippen molar-refractivity contribution < 1.29 is 28.6 Å². The minimum atomic E-state index is -0.967. The minimum Gasteiger partial charge on any atom is -0.493 e. The first-order valence-corrected chi connectivity index (χ1v) is 13.1. The standard InChI is InChI=1S/C29H37N3O6/c1-6-20(3)30-26(33)23-18-38-29(32(23)28(35)22-10-8-7-9-19(22)2)13-15-31(16-14-29)27(34)21-11-12-24(36-4)25(17-21)37-5/h7-12,17,20,23H,6,13-16,18H2,1-5H3,(H,30,33)/t20-,23+/m1/s1. The van der Waals surface area contributed by atoms with Crippen molar-refractivity contribution in [3.8, 4) is 11.5 Å². The van der Waals surface area contributed by atoms with Gasteiger partial charge >= 0.3 is 0 Å². The van der Waals surface area contributed by atoms with Crippen LogP contribution < -0.4 is 14.8 Å². The van der Waals surface area contributed by atoms with Crippen molar-refractivity contribution in [1.29, 1.82) is 0 Å². The fraction of sp³-hybridized carbons (Fsp3) is 0.483. The molecule has 2 aliphatic rings. The Kier molecular flexibility index (Phi) is 8.26. The van der Waals surface area contributed by atoms with Gasteiger partial charge in [-0.3, -0.25) is 19.3 Å². The smallest absolute Gasteiger partial charge is 0.257 e. The third kappa shape index (κ3) is 5.20. The molecule has 2 aromatic carbocycles. The molecule has 204 valence electrons. The Hall–Kier alpha value is -3.59. The number of piperidine rings is 1. The van der Waals surface area contributed by atoms with Crippen molar-refractivity contribution in [2.75, 3.05) is 33.9 Å². The normalized spacial score (nSPS) is 19.2. The third-order valence-corrected chi connectivity index (χ3v) is 7.62.